The van der Waals surface area contributed by atoms with Crippen molar-refractivity contribution in [2.75, 3.05) is 62.3 Å². The number of carbonyl (C=O) groups is 1. The number of morpholine rings is 1. The molecular formula is C22H29N5O2. The molecule has 0 spiro atoms. The lowest BCUT2D eigenvalue weighted by atomic mass is 10.1. The zero-order valence-electron chi connectivity index (χ0n) is 17.1. The number of amides is 1. The van der Waals surface area contributed by atoms with E-state index < -0.39 is 0 Å². The zero-order chi connectivity index (χ0) is 20.1. The lowest BCUT2D eigenvalue weighted by Gasteiger charge is -2.34. The third-order valence-corrected chi connectivity index (χ3v) is 5.56. The minimum Gasteiger partial charge on any atom is -0.378 e. The van der Waals surface area contributed by atoms with Gasteiger partial charge in [-0.1, -0.05) is 19.1 Å². The van der Waals surface area contributed by atoms with Crippen LogP contribution in [0.1, 0.15) is 19.8 Å². The largest absolute Gasteiger partial charge is 0.378 e. The summed E-state index contributed by atoms with van der Waals surface area (Å²) in [6.45, 7) is 8.50. The fraction of sp³-hybridized carbons (Fsp3) is 0.500. The molecule has 2 aromatic rings. The molecule has 0 bridgehead atoms. The summed E-state index contributed by atoms with van der Waals surface area (Å²) in [4.78, 5) is 27.8. The van der Waals surface area contributed by atoms with E-state index in [1.807, 2.05) is 24.1 Å². The Morgan fingerprint density at radius 2 is 1.69 bits per heavy atom. The Morgan fingerprint density at radius 1 is 0.966 bits per heavy atom. The van der Waals surface area contributed by atoms with Gasteiger partial charge in [0.25, 0.3) is 0 Å². The molecule has 0 N–H and O–H groups in total. The van der Waals surface area contributed by atoms with E-state index in [4.69, 9.17) is 9.72 Å². The first-order valence-electron chi connectivity index (χ1n) is 10.5. The number of benzene rings is 1. The van der Waals surface area contributed by atoms with Gasteiger partial charge in [-0.2, -0.15) is 0 Å². The minimum absolute atomic E-state index is 0.252. The van der Waals surface area contributed by atoms with Crippen LogP contribution in [0.25, 0.3) is 11.3 Å². The van der Waals surface area contributed by atoms with Crippen molar-refractivity contribution in [1.82, 2.24) is 14.9 Å². The van der Waals surface area contributed by atoms with Crippen molar-refractivity contribution in [2.45, 2.75) is 19.8 Å². The van der Waals surface area contributed by atoms with E-state index in [1.165, 1.54) is 5.69 Å². The molecule has 0 saturated carbocycles. The van der Waals surface area contributed by atoms with Crippen molar-refractivity contribution in [3.05, 3.63) is 36.5 Å². The van der Waals surface area contributed by atoms with Gasteiger partial charge < -0.3 is 19.4 Å². The average molecular weight is 396 g/mol. The molecule has 7 nitrogen and oxygen atoms in total. The van der Waals surface area contributed by atoms with E-state index in [9.17, 15) is 4.79 Å². The highest BCUT2D eigenvalue weighted by Crippen LogP contribution is 2.24. The highest BCUT2D eigenvalue weighted by molar-refractivity contribution is 5.76. The molecule has 0 unspecified atom stereocenters. The van der Waals surface area contributed by atoms with Crippen LogP contribution >= 0.6 is 0 Å². The molecule has 3 heterocycles. The number of rotatable bonds is 5. The number of hydrogen-bond donors (Lipinski definition) is 0. The van der Waals surface area contributed by atoms with Crippen LogP contribution in [-0.2, 0) is 9.53 Å². The van der Waals surface area contributed by atoms with Crippen LogP contribution in [0.5, 0.6) is 0 Å². The fourth-order valence-corrected chi connectivity index (χ4v) is 3.85. The van der Waals surface area contributed by atoms with Gasteiger partial charge in [0.15, 0.2) is 0 Å². The number of nitrogens with zero attached hydrogens (tertiary/aromatic N) is 5. The molecular weight excluding hydrogens is 366 g/mol. The smallest absolute Gasteiger partial charge is 0.225 e. The van der Waals surface area contributed by atoms with Gasteiger partial charge >= 0.3 is 0 Å². The van der Waals surface area contributed by atoms with Crippen molar-refractivity contribution >= 4 is 17.5 Å². The maximum absolute atomic E-state index is 12.1. The van der Waals surface area contributed by atoms with Gasteiger partial charge in [-0.15, -0.1) is 0 Å². The van der Waals surface area contributed by atoms with Crippen LogP contribution in [-0.4, -0.2) is 73.3 Å². The molecule has 2 fully saturated rings. The Bertz CT molecular complexity index is 812. The molecule has 0 aliphatic carbocycles. The lowest BCUT2D eigenvalue weighted by molar-refractivity contribution is -0.131. The molecule has 1 aromatic carbocycles. The molecule has 1 amide bonds. The lowest BCUT2D eigenvalue weighted by Crippen LogP contribution is -2.49. The molecule has 154 valence electrons. The number of carbonyl (C=O) groups excluding carboxylic acids is 1. The highest BCUT2D eigenvalue weighted by atomic mass is 16.5. The predicted octanol–water partition coefficient (Wildman–Crippen LogP) is 2.43. The second-order valence-corrected chi connectivity index (χ2v) is 7.51. The van der Waals surface area contributed by atoms with Crippen LogP contribution in [0.15, 0.2) is 36.5 Å². The molecule has 2 aliphatic rings. The van der Waals surface area contributed by atoms with E-state index in [-0.39, 0.29) is 5.91 Å². The van der Waals surface area contributed by atoms with E-state index in [0.29, 0.717) is 6.42 Å². The Labute approximate surface area is 172 Å². The number of aromatic nitrogens is 2. The highest BCUT2D eigenvalue weighted by Gasteiger charge is 2.22. The van der Waals surface area contributed by atoms with Gasteiger partial charge in [-0.05, 0) is 24.6 Å². The SMILES string of the molecule is CCCC(=O)N1CCN(c2nccc(-c3ccc(N4CCOCC4)cc3)n2)CC1. The number of ether oxygens (including phenoxy) is 1. The maximum atomic E-state index is 12.1. The second-order valence-electron chi connectivity index (χ2n) is 7.51. The summed E-state index contributed by atoms with van der Waals surface area (Å²) < 4.78 is 5.43. The maximum Gasteiger partial charge on any atom is 0.225 e. The second kappa shape index (κ2) is 9.22. The van der Waals surface area contributed by atoms with Gasteiger partial charge in [0.2, 0.25) is 11.9 Å². The van der Waals surface area contributed by atoms with E-state index in [0.717, 1.165) is 76.1 Å². The summed E-state index contributed by atoms with van der Waals surface area (Å²) >= 11 is 0. The van der Waals surface area contributed by atoms with E-state index in [2.05, 4.69) is 39.0 Å². The van der Waals surface area contributed by atoms with Crippen molar-refractivity contribution in [2.24, 2.45) is 0 Å². The Morgan fingerprint density at radius 3 is 2.38 bits per heavy atom. The molecule has 0 atom stereocenters. The first-order chi connectivity index (χ1) is 14.2. The van der Waals surface area contributed by atoms with Crippen molar-refractivity contribution in [3.63, 3.8) is 0 Å². The molecule has 1 aromatic heterocycles. The Kier molecular flexibility index (Phi) is 6.24. The van der Waals surface area contributed by atoms with Crippen LogP contribution in [0.2, 0.25) is 0 Å². The van der Waals surface area contributed by atoms with Gasteiger partial charge in [0, 0.05) is 63.1 Å². The fourth-order valence-electron chi connectivity index (χ4n) is 3.85. The van der Waals surface area contributed by atoms with Gasteiger partial charge in [-0.3, -0.25) is 4.79 Å². The molecule has 2 saturated heterocycles. The third-order valence-electron chi connectivity index (χ3n) is 5.56. The van der Waals surface area contributed by atoms with Crippen molar-refractivity contribution in [1.29, 1.82) is 0 Å². The Balaban J connectivity index is 1.42. The normalized spacial score (nSPS) is 17.5. The first-order valence-corrected chi connectivity index (χ1v) is 10.5. The van der Waals surface area contributed by atoms with E-state index >= 15 is 0 Å². The molecule has 29 heavy (non-hydrogen) atoms. The van der Waals surface area contributed by atoms with Crippen molar-refractivity contribution in [3.8, 4) is 11.3 Å². The number of piperazine rings is 1. The molecule has 7 heteroatoms. The standard InChI is InChI=1S/C22H29N5O2/c1-2-3-21(28)26-10-12-27(13-11-26)22-23-9-8-20(24-22)18-4-6-19(7-5-18)25-14-16-29-17-15-25/h4-9H,2-3,10-17H2,1H3. The number of hydrogen-bond acceptors (Lipinski definition) is 6. The average Bonchev–Trinajstić information content (AvgIpc) is 2.80. The molecule has 4 rings (SSSR count). The quantitative estimate of drug-likeness (QED) is 0.775. The van der Waals surface area contributed by atoms with Crippen molar-refractivity contribution < 1.29 is 9.53 Å². The van der Waals surface area contributed by atoms with Crippen LogP contribution in [0, 0.1) is 0 Å². The summed E-state index contributed by atoms with van der Waals surface area (Å²) in [7, 11) is 0. The van der Waals surface area contributed by atoms with Crippen LogP contribution < -0.4 is 9.80 Å². The Hall–Kier alpha value is -2.67. The summed E-state index contributed by atoms with van der Waals surface area (Å²) in [5, 5.41) is 0. The predicted molar refractivity (Wildman–Crippen MR) is 114 cm³/mol. The minimum atomic E-state index is 0.252. The van der Waals surface area contributed by atoms with E-state index in [1.54, 1.807) is 0 Å². The van der Waals surface area contributed by atoms with Crippen LogP contribution in [0.3, 0.4) is 0 Å². The third kappa shape index (κ3) is 4.67. The summed E-state index contributed by atoms with van der Waals surface area (Å²) in [5.41, 5.74) is 3.23. The zero-order valence-corrected chi connectivity index (χ0v) is 17.1. The molecule has 2 aliphatic heterocycles. The van der Waals surface area contributed by atoms with Gasteiger partial charge in [0.05, 0.1) is 18.9 Å². The molecule has 0 radical (unpaired) electrons. The first kappa shape index (κ1) is 19.6. The summed E-state index contributed by atoms with van der Waals surface area (Å²) in [6, 6.07) is 10.5. The summed E-state index contributed by atoms with van der Waals surface area (Å²) in [6.07, 6.45) is 3.35. The topological polar surface area (TPSA) is 61.8 Å². The number of anilines is 2. The van der Waals surface area contributed by atoms with Crippen LogP contribution in [0.4, 0.5) is 11.6 Å². The van der Waals surface area contributed by atoms with Gasteiger partial charge in [0.1, 0.15) is 0 Å². The van der Waals surface area contributed by atoms with Gasteiger partial charge in [-0.25, -0.2) is 9.97 Å². The summed E-state index contributed by atoms with van der Waals surface area (Å²) in [5.74, 6) is 0.990. The monoisotopic (exact) mass is 395 g/mol.